The summed E-state index contributed by atoms with van der Waals surface area (Å²) in [6.45, 7) is 0. The summed E-state index contributed by atoms with van der Waals surface area (Å²) in [6.07, 6.45) is -4.40. The molecule has 0 fully saturated rings. The molecule has 0 radical (unpaired) electrons. The number of hydrogen-bond acceptors (Lipinski definition) is 1. The largest absolute Gasteiger partial charge is 0.416 e. The predicted octanol–water partition coefficient (Wildman–Crippen LogP) is 4.92. The van der Waals surface area contributed by atoms with E-state index < -0.39 is 23.6 Å². The van der Waals surface area contributed by atoms with Gasteiger partial charge < -0.3 is 5.32 Å². The van der Waals surface area contributed by atoms with Crippen LogP contribution in [-0.4, -0.2) is 7.05 Å². The fourth-order valence-corrected chi connectivity index (χ4v) is 2.36. The molecule has 1 N–H and O–H groups in total. The second-order valence-corrected chi connectivity index (χ2v) is 5.37. The molecule has 2 aromatic rings. The number of alkyl halides is 3. The summed E-state index contributed by atoms with van der Waals surface area (Å²) in [5, 5.41) is 2.91. The minimum atomic E-state index is -4.40. The van der Waals surface area contributed by atoms with E-state index in [9.17, 15) is 17.6 Å². The van der Waals surface area contributed by atoms with Crippen LogP contribution in [0.2, 0.25) is 0 Å². The maximum atomic E-state index is 13.6. The second-order valence-electron chi connectivity index (χ2n) is 4.52. The molecule has 1 atom stereocenters. The van der Waals surface area contributed by atoms with Crippen molar-refractivity contribution in [3.8, 4) is 0 Å². The molecule has 0 heterocycles. The zero-order valence-electron chi connectivity index (χ0n) is 11.0. The quantitative estimate of drug-likeness (QED) is 0.765. The molecule has 0 saturated carbocycles. The van der Waals surface area contributed by atoms with Gasteiger partial charge in [0.1, 0.15) is 5.82 Å². The van der Waals surface area contributed by atoms with Crippen molar-refractivity contribution < 1.29 is 17.6 Å². The summed E-state index contributed by atoms with van der Waals surface area (Å²) in [5.41, 5.74) is 0.254. The maximum absolute atomic E-state index is 13.6. The molecule has 0 aliphatic rings. The number of hydrogen-bond donors (Lipinski definition) is 1. The van der Waals surface area contributed by atoms with E-state index in [4.69, 9.17) is 0 Å². The highest BCUT2D eigenvalue weighted by molar-refractivity contribution is 9.10. The third-order valence-corrected chi connectivity index (χ3v) is 3.76. The molecule has 21 heavy (non-hydrogen) atoms. The molecule has 0 bridgehead atoms. The van der Waals surface area contributed by atoms with E-state index in [1.54, 1.807) is 19.2 Å². The smallest absolute Gasteiger partial charge is 0.309 e. The molecule has 0 aliphatic heterocycles. The highest BCUT2D eigenvalue weighted by Crippen LogP contribution is 2.32. The lowest BCUT2D eigenvalue weighted by atomic mass is 9.97. The van der Waals surface area contributed by atoms with E-state index >= 15 is 0 Å². The first-order valence-corrected chi connectivity index (χ1v) is 6.91. The van der Waals surface area contributed by atoms with E-state index in [2.05, 4.69) is 21.2 Å². The minimum absolute atomic E-state index is 0.310. The standard InChI is InChI=1S/C15H12BrF4N/c1-21-14(10-5-6-12(16)13(17)8-10)9-3-2-4-11(7-9)15(18,19)20/h2-8,14,21H,1H3. The number of nitrogens with one attached hydrogen (secondary N) is 1. The SMILES string of the molecule is CNC(c1cccc(C(F)(F)F)c1)c1ccc(Br)c(F)c1. The second kappa shape index (κ2) is 6.15. The normalized spacial score (nSPS) is 13.2. The van der Waals surface area contributed by atoms with Crippen LogP contribution in [0.4, 0.5) is 17.6 Å². The van der Waals surface area contributed by atoms with Gasteiger partial charge in [0.25, 0.3) is 0 Å². The average Bonchev–Trinajstić information content (AvgIpc) is 2.43. The Kier molecular flexibility index (Phi) is 4.68. The lowest BCUT2D eigenvalue weighted by Crippen LogP contribution is -2.18. The summed E-state index contributed by atoms with van der Waals surface area (Å²) in [6, 6.07) is 8.98. The maximum Gasteiger partial charge on any atom is 0.416 e. The Balaban J connectivity index is 2.44. The minimum Gasteiger partial charge on any atom is -0.309 e. The van der Waals surface area contributed by atoms with Gasteiger partial charge in [-0.3, -0.25) is 0 Å². The molecule has 6 heteroatoms. The number of halogens is 5. The van der Waals surface area contributed by atoms with Crippen molar-refractivity contribution in [3.05, 3.63) is 69.4 Å². The molecule has 0 aromatic heterocycles. The average molecular weight is 362 g/mol. The van der Waals surface area contributed by atoms with Crippen molar-refractivity contribution in [1.29, 1.82) is 0 Å². The number of rotatable bonds is 3. The van der Waals surface area contributed by atoms with Gasteiger partial charge in [0, 0.05) is 0 Å². The summed E-state index contributed by atoms with van der Waals surface area (Å²) < 4.78 is 52.2. The lowest BCUT2D eigenvalue weighted by Gasteiger charge is -2.19. The van der Waals surface area contributed by atoms with Crippen molar-refractivity contribution in [1.82, 2.24) is 5.32 Å². The Morgan fingerprint density at radius 1 is 1.05 bits per heavy atom. The van der Waals surface area contributed by atoms with Gasteiger partial charge >= 0.3 is 6.18 Å². The zero-order chi connectivity index (χ0) is 15.6. The van der Waals surface area contributed by atoms with Crippen LogP contribution in [0.5, 0.6) is 0 Å². The van der Waals surface area contributed by atoms with Crippen LogP contribution in [0.15, 0.2) is 46.9 Å². The number of benzene rings is 2. The van der Waals surface area contributed by atoms with Crippen LogP contribution in [0, 0.1) is 5.82 Å². The Hall–Kier alpha value is -1.40. The Bertz CT molecular complexity index is 640. The molecule has 2 aromatic carbocycles. The molecule has 2 rings (SSSR count). The molecular weight excluding hydrogens is 350 g/mol. The van der Waals surface area contributed by atoms with E-state index in [0.717, 1.165) is 12.1 Å². The third kappa shape index (κ3) is 3.63. The molecular formula is C15H12BrF4N. The van der Waals surface area contributed by atoms with Gasteiger partial charge in [0.15, 0.2) is 0 Å². The van der Waals surface area contributed by atoms with Crippen LogP contribution in [0.3, 0.4) is 0 Å². The first kappa shape index (κ1) is 16.0. The van der Waals surface area contributed by atoms with Crippen molar-refractivity contribution in [2.45, 2.75) is 12.2 Å². The Labute approximate surface area is 128 Å². The molecule has 0 spiro atoms. The summed E-state index contributed by atoms with van der Waals surface area (Å²) in [4.78, 5) is 0. The summed E-state index contributed by atoms with van der Waals surface area (Å²) in [7, 11) is 1.62. The van der Waals surface area contributed by atoms with E-state index in [-0.39, 0.29) is 0 Å². The predicted molar refractivity (Wildman–Crippen MR) is 76.4 cm³/mol. The molecule has 1 nitrogen and oxygen atoms in total. The first-order chi connectivity index (χ1) is 9.82. The highest BCUT2D eigenvalue weighted by Gasteiger charge is 2.31. The fraction of sp³-hybridized carbons (Fsp3) is 0.200. The van der Waals surface area contributed by atoms with E-state index in [1.165, 1.54) is 18.2 Å². The van der Waals surface area contributed by atoms with Crippen molar-refractivity contribution in [2.24, 2.45) is 0 Å². The van der Waals surface area contributed by atoms with Gasteiger partial charge in [-0.2, -0.15) is 13.2 Å². The molecule has 0 aliphatic carbocycles. The topological polar surface area (TPSA) is 12.0 Å². The van der Waals surface area contributed by atoms with Crippen LogP contribution in [0.25, 0.3) is 0 Å². The monoisotopic (exact) mass is 361 g/mol. The molecule has 112 valence electrons. The third-order valence-electron chi connectivity index (χ3n) is 3.11. The van der Waals surface area contributed by atoms with E-state index in [1.807, 2.05) is 0 Å². The van der Waals surface area contributed by atoms with Gasteiger partial charge in [-0.15, -0.1) is 0 Å². The van der Waals surface area contributed by atoms with Gasteiger partial charge in [-0.05, 0) is 58.4 Å². The Morgan fingerprint density at radius 3 is 2.29 bits per heavy atom. The summed E-state index contributed by atoms with van der Waals surface area (Å²) in [5.74, 6) is -0.459. The highest BCUT2D eigenvalue weighted by atomic mass is 79.9. The molecule has 1 unspecified atom stereocenters. The first-order valence-electron chi connectivity index (χ1n) is 6.12. The van der Waals surface area contributed by atoms with Crippen LogP contribution in [0.1, 0.15) is 22.7 Å². The van der Waals surface area contributed by atoms with Crippen molar-refractivity contribution >= 4 is 15.9 Å². The van der Waals surface area contributed by atoms with Gasteiger partial charge in [-0.25, -0.2) is 4.39 Å². The fourth-order valence-electron chi connectivity index (χ4n) is 2.11. The Morgan fingerprint density at radius 2 is 1.71 bits per heavy atom. The van der Waals surface area contributed by atoms with Gasteiger partial charge in [-0.1, -0.05) is 18.2 Å². The summed E-state index contributed by atoms with van der Waals surface area (Å²) >= 11 is 3.05. The van der Waals surface area contributed by atoms with Crippen molar-refractivity contribution in [3.63, 3.8) is 0 Å². The molecule has 0 saturated heterocycles. The lowest BCUT2D eigenvalue weighted by molar-refractivity contribution is -0.137. The van der Waals surface area contributed by atoms with Crippen molar-refractivity contribution in [2.75, 3.05) is 7.05 Å². The van der Waals surface area contributed by atoms with Gasteiger partial charge in [0.05, 0.1) is 16.1 Å². The molecule has 0 amide bonds. The van der Waals surface area contributed by atoms with Gasteiger partial charge in [0.2, 0.25) is 0 Å². The zero-order valence-corrected chi connectivity index (χ0v) is 12.6. The van der Waals surface area contributed by atoms with E-state index in [0.29, 0.717) is 15.6 Å². The van der Waals surface area contributed by atoms with Crippen LogP contribution in [-0.2, 0) is 6.18 Å². The van der Waals surface area contributed by atoms with Crippen LogP contribution >= 0.6 is 15.9 Å². The van der Waals surface area contributed by atoms with Crippen LogP contribution < -0.4 is 5.32 Å².